The number of carbonyl (C=O) groups is 2. The molecule has 0 saturated heterocycles. The molecule has 0 bridgehead atoms. The number of aromatic nitrogens is 2. The summed E-state index contributed by atoms with van der Waals surface area (Å²) in [6.07, 6.45) is -0.297. The molecule has 1 aromatic carbocycles. The Kier molecular flexibility index (Phi) is 9.16. The predicted molar refractivity (Wildman–Crippen MR) is 97.9 cm³/mol. The number of rotatable bonds is 7. The molecule has 1 heterocycles. The van der Waals surface area contributed by atoms with Gasteiger partial charge < -0.3 is 15.3 Å². The maximum Gasteiger partial charge on any atom is 0.490 e. The number of aryl methyl sites for hydroxylation is 1. The average molecular weight is 400 g/mol. The summed E-state index contributed by atoms with van der Waals surface area (Å²) in [6, 6.07) is 10.0. The number of hydrogen-bond donors (Lipinski definition) is 2. The Morgan fingerprint density at radius 3 is 2.36 bits per heavy atom. The van der Waals surface area contributed by atoms with Gasteiger partial charge in [0, 0.05) is 19.2 Å². The number of nitrogens with zero attached hydrogens (tertiary/aromatic N) is 3. The van der Waals surface area contributed by atoms with E-state index in [1.54, 1.807) is 6.20 Å². The van der Waals surface area contributed by atoms with Crippen molar-refractivity contribution < 1.29 is 27.9 Å². The number of hydrogen-bond acceptors (Lipinski definition) is 4. The minimum Gasteiger partial charge on any atom is -0.475 e. The van der Waals surface area contributed by atoms with Crippen LogP contribution < -0.4 is 5.32 Å². The van der Waals surface area contributed by atoms with Crippen molar-refractivity contribution in [3.63, 3.8) is 0 Å². The fraction of sp³-hybridized carbons (Fsp3) is 0.389. The summed E-state index contributed by atoms with van der Waals surface area (Å²) in [6.45, 7) is 1.73. The zero-order chi connectivity index (χ0) is 21.2. The van der Waals surface area contributed by atoms with Crippen LogP contribution in [-0.4, -0.2) is 58.5 Å². The molecule has 2 aromatic rings. The van der Waals surface area contributed by atoms with Crippen LogP contribution >= 0.6 is 0 Å². The van der Waals surface area contributed by atoms with Gasteiger partial charge in [0.2, 0.25) is 5.91 Å². The zero-order valence-electron chi connectivity index (χ0n) is 15.6. The molecule has 1 aromatic heterocycles. The third-order valence-corrected chi connectivity index (χ3v) is 3.42. The van der Waals surface area contributed by atoms with Gasteiger partial charge in [0.15, 0.2) is 0 Å². The third kappa shape index (κ3) is 9.72. The van der Waals surface area contributed by atoms with E-state index in [1.165, 1.54) is 5.56 Å². The number of nitrogens with one attached hydrogen (secondary N) is 1. The van der Waals surface area contributed by atoms with Crippen molar-refractivity contribution in [1.82, 2.24) is 14.7 Å². The first-order valence-electron chi connectivity index (χ1n) is 8.39. The summed E-state index contributed by atoms with van der Waals surface area (Å²) in [4.78, 5) is 22.9. The number of carboxylic acid groups (broad SMARTS) is 1. The molecule has 7 nitrogen and oxygen atoms in total. The molecule has 0 saturated carbocycles. The van der Waals surface area contributed by atoms with Crippen molar-refractivity contribution >= 4 is 17.6 Å². The molecule has 0 radical (unpaired) electrons. The van der Waals surface area contributed by atoms with Crippen LogP contribution in [0.1, 0.15) is 12.0 Å². The second-order valence-electron chi connectivity index (χ2n) is 6.13. The van der Waals surface area contributed by atoms with Crippen LogP contribution in [0.15, 0.2) is 42.7 Å². The number of likely N-dealkylation sites (N-methyl/N-ethyl adjacent to an activating group) is 1. The molecule has 0 spiro atoms. The summed E-state index contributed by atoms with van der Waals surface area (Å²) in [5, 5.41) is 14.2. The van der Waals surface area contributed by atoms with Crippen LogP contribution in [0.3, 0.4) is 0 Å². The molecule has 1 amide bonds. The highest BCUT2D eigenvalue weighted by molar-refractivity contribution is 5.90. The van der Waals surface area contributed by atoms with E-state index >= 15 is 0 Å². The van der Waals surface area contributed by atoms with Crippen molar-refractivity contribution in [3.05, 3.63) is 48.3 Å². The number of halogens is 3. The lowest BCUT2D eigenvalue weighted by atomic mass is 10.1. The van der Waals surface area contributed by atoms with Gasteiger partial charge in [-0.05, 0) is 26.1 Å². The van der Waals surface area contributed by atoms with Gasteiger partial charge >= 0.3 is 12.1 Å². The second-order valence-corrected chi connectivity index (χ2v) is 6.13. The van der Waals surface area contributed by atoms with E-state index in [0.29, 0.717) is 6.42 Å². The van der Waals surface area contributed by atoms with E-state index in [2.05, 4.69) is 15.3 Å². The van der Waals surface area contributed by atoms with Gasteiger partial charge in [-0.1, -0.05) is 30.3 Å². The molecule has 0 atom stereocenters. The first-order valence-corrected chi connectivity index (χ1v) is 8.39. The minimum absolute atomic E-state index is 0.0195. The van der Waals surface area contributed by atoms with E-state index in [1.807, 2.05) is 55.3 Å². The van der Waals surface area contributed by atoms with Gasteiger partial charge in [-0.2, -0.15) is 18.3 Å². The highest BCUT2D eigenvalue weighted by Gasteiger charge is 2.38. The number of amides is 1. The van der Waals surface area contributed by atoms with Crippen LogP contribution in [0.4, 0.5) is 18.9 Å². The molecule has 28 heavy (non-hydrogen) atoms. The average Bonchev–Trinajstić information content (AvgIpc) is 3.06. The van der Waals surface area contributed by atoms with E-state index in [0.717, 1.165) is 25.2 Å². The highest BCUT2D eigenvalue weighted by Crippen LogP contribution is 2.13. The first kappa shape index (κ1) is 23.2. The van der Waals surface area contributed by atoms with Gasteiger partial charge in [-0.3, -0.25) is 9.48 Å². The van der Waals surface area contributed by atoms with E-state index in [-0.39, 0.29) is 5.91 Å². The number of carbonyl (C=O) groups excluding carboxylic acids is 1. The number of benzene rings is 1. The van der Waals surface area contributed by atoms with E-state index in [4.69, 9.17) is 9.90 Å². The Morgan fingerprint density at radius 1 is 1.21 bits per heavy atom. The molecular weight excluding hydrogens is 377 g/mol. The van der Waals surface area contributed by atoms with E-state index in [9.17, 15) is 18.0 Å². The van der Waals surface area contributed by atoms with Crippen LogP contribution in [0.2, 0.25) is 0 Å². The van der Waals surface area contributed by atoms with E-state index < -0.39 is 12.1 Å². The summed E-state index contributed by atoms with van der Waals surface area (Å²) >= 11 is 0. The molecule has 2 rings (SSSR count). The summed E-state index contributed by atoms with van der Waals surface area (Å²) in [5.74, 6) is -2.74. The molecule has 154 valence electrons. The Morgan fingerprint density at radius 2 is 1.82 bits per heavy atom. The van der Waals surface area contributed by atoms with Gasteiger partial charge in [0.1, 0.15) is 0 Å². The normalized spacial score (nSPS) is 10.9. The second kappa shape index (κ2) is 11.1. The lowest BCUT2D eigenvalue weighted by Gasteiger charge is -2.08. The number of aliphatic carboxylic acids is 1. The lowest BCUT2D eigenvalue weighted by Crippen LogP contribution is -2.21. The van der Waals surface area contributed by atoms with Gasteiger partial charge in [0.05, 0.1) is 18.4 Å². The molecular formula is C18H23F3N4O3. The van der Waals surface area contributed by atoms with Crippen molar-refractivity contribution in [2.24, 2.45) is 0 Å². The molecule has 10 heteroatoms. The van der Waals surface area contributed by atoms with Crippen molar-refractivity contribution in [2.75, 3.05) is 26.0 Å². The summed E-state index contributed by atoms with van der Waals surface area (Å²) in [5.41, 5.74) is 1.93. The van der Waals surface area contributed by atoms with Crippen LogP contribution in [0, 0.1) is 0 Å². The van der Waals surface area contributed by atoms with Crippen LogP contribution in [0.5, 0.6) is 0 Å². The number of alkyl halides is 3. The molecule has 0 aliphatic heterocycles. The monoisotopic (exact) mass is 400 g/mol. The Labute approximate surface area is 160 Å². The van der Waals surface area contributed by atoms with Crippen molar-refractivity contribution in [1.29, 1.82) is 0 Å². The van der Waals surface area contributed by atoms with Crippen molar-refractivity contribution in [3.8, 4) is 0 Å². The number of carboxylic acids is 1. The fourth-order valence-electron chi connectivity index (χ4n) is 1.98. The van der Waals surface area contributed by atoms with Gasteiger partial charge in [-0.15, -0.1) is 0 Å². The fourth-order valence-corrected chi connectivity index (χ4v) is 1.98. The predicted octanol–water partition coefficient (Wildman–Crippen LogP) is 2.65. The quantitative estimate of drug-likeness (QED) is 0.746. The Balaban J connectivity index is 0.000000480. The zero-order valence-corrected chi connectivity index (χ0v) is 15.6. The van der Waals surface area contributed by atoms with Gasteiger partial charge in [-0.25, -0.2) is 4.79 Å². The lowest BCUT2D eigenvalue weighted by molar-refractivity contribution is -0.192. The minimum atomic E-state index is -5.08. The summed E-state index contributed by atoms with van der Waals surface area (Å²) in [7, 11) is 4.05. The topological polar surface area (TPSA) is 87.5 Å². The van der Waals surface area contributed by atoms with Gasteiger partial charge in [0.25, 0.3) is 0 Å². The number of anilines is 1. The third-order valence-electron chi connectivity index (χ3n) is 3.42. The largest absolute Gasteiger partial charge is 0.490 e. The molecule has 0 aliphatic rings. The van der Waals surface area contributed by atoms with Crippen LogP contribution in [-0.2, 0) is 22.6 Å². The SMILES string of the molecule is CN(C)CCn1cc(NC(=O)CCc2ccccc2)cn1.O=C(O)C(F)(F)F. The van der Waals surface area contributed by atoms with Crippen molar-refractivity contribution in [2.45, 2.75) is 25.6 Å². The van der Waals surface area contributed by atoms with Crippen LogP contribution in [0.25, 0.3) is 0 Å². The summed E-state index contributed by atoms with van der Waals surface area (Å²) < 4.78 is 33.6. The Hall–Kier alpha value is -2.88. The molecule has 0 aliphatic carbocycles. The standard InChI is InChI=1S/C16H22N4O.C2HF3O2/c1-19(2)10-11-20-13-15(12-17-20)18-16(21)9-8-14-6-4-3-5-7-14;3-2(4,5)1(6)7/h3-7,12-13H,8-11H2,1-2H3,(H,18,21);(H,6,7). The first-order chi connectivity index (χ1) is 13.1. The Bertz CT molecular complexity index is 746. The molecule has 2 N–H and O–H groups in total. The molecule has 0 fully saturated rings. The highest BCUT2D eigenvalue weighted by atomic mass is 19.4. The maximum absolute atomic E-state index is 11.9. The molecule has 0 unspecified atom stereocenters. The maximum atomic E-state index is 11.9. The smallest absolute Gasteiger partial charge is 0.475 e.